The third kappa shape index (κ3) is 4.01. The first-order chi connectivity index (χ1) is 12.0. The van der Waals surface area contributed by atoms with Crippen LogP contribution in [0.15, 0.2) is 54.9 Å². The number of carbonyl (C=O) groups excluding carboxylic acids is 1. The summed E-state index contributed by atoms with van der Waals surface area (Å²) in [5, 5.41) is 6.09. The number of hydrogen-bond donors (Lipinski definition) is 2. The number of para-hydroxylation sites is 1. The summed E-state index contributed by atoms with van der Waals surface area (Å²) in [6.07, 6.45) is 1.39. The van der Waals surface area contributed by atoms with E-state index in [4.69, 9.17) is 0 Å². The Balaban J connectivity index is 1.77. The van der Waals surface area contributed by atoms with Crippen LogP contribution < -0.4 is 10.6 Å². The van der Waals surface area contributed by atoms with Crippen LogP contribution in [-0.4, -0.2) is 15.9 Å². The molecule has 2 N–H and O–H groups in total. The zero-order valence-electron chi connectivity index (χ0n) is 14.5. The SMILES string of the molecule is Cc1ccc(Nc2cc(C(=O)Nc3ccccc3C)ncn2)cc1C. The maximum atomic E-state index is 12.4. The second-order valence-corrected chi connectivity index (χ2v) is 5.98. The summed E-state index contributed by atoms with van der Waals surface area (Å²) >= 11 is 0. The van der Waals surface area contributed by atoms with Gasteiger partial charge in [0.2, 0.25) is 0 Å². The van der Waals surface area contributed by atoms with Gasteiger partial charge in [0.15, 0.2) is 0 Å². The molecule has 1 heterocycles. The number of carbonyl (C=O) groups is 1. The Morgan fingerprint density at radius 1 is 0.880 bits per heavy atom. The molecule has 0 aliphatic carbocycles. The Hall–Kier alpha value is -3.21. The lowest BCUT2D eigenvalue weighted by Crippen LogP contribution is -2.15. The lowest BCUT2D eigenvalue weighted by atomic mass is 10.1. The largest absolute Gasteiger partial charge is 0.340 e. The number of aromatic nitrogens is 2. The third-order valence-corrected chi connectivity index (χ3v) is 4.07. The van der Waals surface area contributed by atoms with Crippen LogP contribution in [0.1, 0.15) is 27.2 Å². The van der Waals surface area contributed by atoms with Crippen LogP contribution in [0.3, 0.4) is 0 Å². The summed E-state index contributed by atoms with van der Waals surface area (Å²) in [5.41, 5.74) is 5.42. The molecule has 0 saturated heterocycles. The number of nitrogens with one attached hydrogen (secondary N) is 2. The Morgan fingerprint density at radius 3 is 2.44 bits per heavy atom. The van der Waals surface area contributed by atoms with Crippen LogP contribution in [0.25, 0.3) is 0 Å². The molecule has 1 aromatic heterocycles. The zero-order chi connectivity index (χ0) is 17.8. The van der Waals surface area contributed by atoms with E-state index in [1.54, 1.807) is 6.07 Å². The van der Waals surface area contributed by atoms with Crippen molar-refractivity contribution in [3.8, 4) is 0 Å². The molecular formula is C20H20N4O. The molecule has 5 heteroatoms. The van der Waals surface area contributed by atoms with Gasteiger partial charge >= 0.3 is 0 Å². The fourth-order valence-electron chi connectivity index (χ4n) is 2.42. The second kappa shape index (κ2) is 7.13. The van der Waals surface area contributed by atoms with Gasteiger partial charge in [-0.1, -0.05) is 24.3 Å². The summed E-state index contributed by atoms with van der Waals surface area (Å²) in [7, 11) is 0. The molecule has 0 radical (unpaired) electrons. The number of amides is 1. The fourth-order valence-corrected chi connectivity index (χ4v) is 2.42. The van der Waals surface area contributed by atoms with E-state index in [2.05, 4.69) is 34.4 Å². The molecule has 126 valence electrons. The minimum atomic E-state index is -0.264. The molecule has 0 aliphatic heterocycles. The maximum Gasteiger partial charge on any atom is 0.274 e. The molecule has 5 nitrogen and oxygen atoms in total. The van der Waals surface area contributed by atoms with E-state index in [0.717, 1.165) is 16.9 Å². The quantitative estimate of drug-likeness (QED) is 0.743. The summed E-state index contributed by atoms with van der Waals surface area (Å²) in [5.74, 6) is 0.313. The van der Waals surface area contributed by atoms with Crippen molar-refractivity contribution in [1.29, 1.82) is 0 Å². The van der Waals surface area contributed by atoms with E-state index in [9.17, 15) is 4.79 Å². The van der Waals surface area contributed by atoms with Gasteiger partial charge in [-0.3, -0.25) is 4.79 Å². The van der Waals surface area contributed by atoms with E-state index in [1.807, 2.05) is 49.4 Å². The molecule has 0 saturated carbocycles. The molecule has 2 aromatic carbocycles. The second-order valence-electron chi connectivity index (χ2n) is 5.98. The number of nitrogens with zero attached hydrogens (tertiary/aromatic N) is 2. The molecule has 1 amide bonds. The van der Waals surface area contributed by atoms with Crippen LogP contribution in [0.4, 0.5) is 17.2 Å². The molecule has 3 aromatic rings. The van der Waals surface area contributed by atoms with Gasteiger partial charge in [0.05, 0.1) is 0 Å². The predicted octanol–water partition coefficient (Wildman–Crippen LogP) is 4.40. The first kappa shape index (κ1) is 16.6. The highest BCUT2D eigenvalue weighted by atomic mass is 16.1. The lowest BCUT2D eigenvalue weighted by molar-refractivity contribution is 0.102. The number of aryl methyl sites for hydroxylation is 3. The molecule has 0 unspecified atom stereocenters. The van der Waals surface area contributed by atoms with E-state index >= 15 is 0 Å². The van der Waals surface area contributed by atoms with Gasteiger partial charge in [-0.25, -0.2) is 9.97 Å². The maximum absolute atomic E-state index is 12.4. The molecule has 25 heavy (non-hydrogen) atoms. The van der Waals surface area contributed by atoms with Gasteiger partial charge in [-0.15, -0.1) is 0 Å². The van der Waals surface area contributed by atoms with Crippen molar-refractivity contribution in [2.75, 3.05) is 10.6 Å². The van der Waals surface area contributed by atoms with Crippen molar-refractivity contribution >= 4 is 23.1 Å². The Kier molecular flexibility index (Phi) is 4.75. The van der Waals surface area contributed by atoms with E-state index < -0.39 is 0 Å². The number of benzene rings is 2. The summed E-state index contributed by atoms with van der Waals surface area (Å²) in [6.45, 7) is 6.07. The standard InChI is InChI=1S/C20H20N4O/c1-13-8-9-16(10-15(13)3)23-19-11-18(21-12-22-19)20(25)24-17-7-5-4-6-14(17)2/h4-12H,1-3H3,(H,24,25)(H,21,22,23). The Morgan fingerprint density at radius 2 is 1.68 bits per heavy atom. The number of rotatable bonds is 4. The Bertz CT molecular complexity index is 921. The van der Waals surface area contributed by atoms with Gasteiger partial charge in [0.1, 0.15) is 17.8 Å². The minimum absolute atomic E-state index is 0.264. The van der Waals surface area contributed by atoms with Crippen molar-refractivity contribution in [2.45, 2.75) is 20.8 Å². The topological polar surface area (TPSA) is 66.9 Å². The molecule has 3 rings (SSSR count). The number of anilines is 3. The average Bonchev–Trinajstić information content (AvgIpc) is 2.60. The lowest BCUT2D eigenvalue weighted by Gasteiger charge is -2.10. The summed E-state index contributed by atoms with van der Waals surface area (Å²) in [4.78, 5) is 20.7. The highest BCUT2D eigenvalue weighted by molar-refractivity contribution is 6.03. The van der Waals surface area contributed by atoms with E-state index in [0.29, 0.717) is 11.5 Å². The predicted molar refractivity (Wildman–Crippen MR) is 100 cm³/mol. The molecule has 0 spiro atoms. The van der Waals surface area contributed by atoms with E-state index in [-0.39, 0.29) is 5.91 Å². The van der Waals surface area contributed by atoms with Crippen molar-refractivity contribution in [3.63, 3.8) is 0 Å². The first-order valence-corrected chi connectivity index (χ1v) is 8.06. The van der Waals surface area contributed by atoms with Gasteiger partial charge in [0, 0.05) is 17.4 Å². The monoisotopic (exact) mass is 332 g/mol. The molecule has 0 bridgehead atoms. The molecule has 0 atom stereocenters. The Labute approximate surface area is 147 Å². The highest BCUT2D eigenvalue weighted by Crippen LogP contribution is 2.19. The van der Waals surface area contributed by atoms with Crippen LogP contribution in [0, 0.1) is 20.8 Å². The van der Waals surface area contributed by atoms with Crippen LogP contribution in [0.5, 0.6) is 0 Å². The highest BCUT2D eigenvalue weighted by Gasteiger charge is 2.10. The zero-order valence-corrected chi connectivity index (χ0v) is 14.5. The average molecular weight is 332 g/mol. The van der Waals surface area contributed by atoms with Crippen molar-refractivity contribution in [3.05, 3.63) is 77.2 Å². The smallest absolute Gasteiger partial charge is 0.274 e. The van der Waals surface area contributed by atoms with Crippen LogP contribution >= 0.6 is 0 Å². The minimum Gasteiger partial charge on any atom is -0.340 e. The number of hydrogen-bond acceptors (Lipinski definition) is 4. The third-order valence-electron chi connectivity index (χ3n) is 4.07. The van der Waals surface area contributed by atoms with Gasteiger partial charge < -0.3 is 10.6 Å². The first-order valence-electron chi connectivity index (χ1n) is 8.06. The van der Waals surface area contributed by atoms with Crippen molar-refractivity contribution in [1.82, 2.24) is 9.97 Å². The van der Waals surface area contributed by atoms with E-state index in [1.165, 1.54) is 17.5 Å². The summed E-state index contributed by atoms with van der Waals surface area (Å²) in [6, 6.07) is 15.3. The van der Waals surface area contributed by atoms with Crippen molar-refractivity contribution in [2.24, 2.45) is 0 Å². The molecular weight excluding hydrogens is 312 g/mol. The van der Waals surface area contributed by atoms with Gasteiger partial charge in [-0.05, 0) is 55.7 Å². The fraction of sp³-hybridized carbons (Fsp3) is 0.150. The normalized spacial score (nSPS) is 10.4. The van der Waals surface area contributed by atoms with Gasteiger partial charge in [0.25, 0.3) is 5.91 Å². The van der Waals surface area contributed by atoms with Crippen molar-refractivity contribution < 1.29 is 4.79 Å². The molecule has 0 aliphatic rings. The van der Waals surface area contributed by atoms with Crippen LogP contribution in [-0.2, 0) is 0 Å². The van der Waals surface area contributed by atoms with Crippen LogP contribution in [0.2, 0.25) is 0 Å². The summed E-state index contributed by atoms with van der Waals surface area (Å²) < 4.78 is 0. The van der Waals surface area contributed by atoms with Gasteiger partial charge in [-0.2, -0.15) is 0 Å². The molecule has 0 fully saturated rings.